The first-order valence-corrected chi connectivity index (χ1v) is 9.08. The Morgan fingerprint density at radius 1 is 1.00 bits per heavy atom. The number of carbonyl (C=O) groups is 2. The van der Waals surface area contributed by atoms with E-state index in [1.54, 1.807) is 4.90 Å². The molecule has 142 valence electrons. The second-order valence-electron chi connectivity index (χ2n) is 6.83. The molecule has 0 aromatic heterocycles. The monoisotopic (exact) mass is 372 g/mol. The fraction of sp³-hybridized carbons (Fsp3) is 0.333. The number of amides is 2. The standard InChI is InChI=1S/C21H22F2N2O2/c22-18-7-6-17(13-19(18)23)21(27)24-14-20(26)25-10-8-16(9-11-25)12-15-4-2-1-3-5-15/h1-7,13,16H,8-12,14H2,(H,24,27). The van der Waals surface area contributed by atoms with Crippen molar-refractivity contribution in [1.82, 2.24) is 10.2 Å². The number of rotatable bonds is 5. The Hall–Kier alpha value is -2.76. The zero-order chi connectivity index (χ0) is 19.2. The Balaban J connectivity index is 1.44. The molecular formula is C21H22F2N2O2. The van der Waals surface area contributed by atoms with E-state index in [1.165, 1.54) is 11.6 Å². The summed E-state index contributed by atoms with van der Waals surface area (Å²) in [5, 5.41) is 2.47. The maximum absolute atomic E-state index is 13.2. The van der Waals surface area contributed by atoms with Gasteiger partial charge in [0.15, 0.2) is 11.6 Å². The zero-order valence-corrected chi connectivity index (χ0v) is 15.0. The van der Waals surface area contributed by atoms with Crippen molar-refractivity contribution in [2.75, 3.05) is 19.6 Å². The molecule has 1 fully saturated rings. The first kappa shape index (κ1) is 19.0. The summed E-state index contributed by atoms with van der Waals surface area (Å²) in [5.41, 5.74) is 1.30. The lowest BCUT2D eigenvalue weighted by Gasteiger charge is -2.32. The molecule has 27 heavy (non-hydrogen) atoms. The fourth-order valence-corrected chi connectivity index (χ4v) is 3.34. The Morgan fingerprint density at radius 3 is 2.37 bits per heavy atom. The van der Waals surface area contributed by atoms with E-state index in [9.17, 15) is 18.4 Å². The van der Waals surface area contributed by atoms with E-state index in [4.69, 9.17) is 0 Å². The van der Waals surface area contributed by atoms with Gasteiger partial charge in [0.25, 0.3) is 5.91 Å². The smallest absolute Gasteiger partial charge is 0.251 e. The Kier molecular flexibility index (Phi) is 6.16. The SMILES string of the molecule is O=C(NCC(=O)N1CCC(Cc2ccccc2)CC1)c1ccc(F)c(F)c1. The van der Waals surface area contributed by atoms with Crippen molar-refractivity contribution in [2.45, 2.75) is 19.3 Å². The second-order valence-corrected chi connectivity index (χ2v) is 6.83. The van der Waals surface area contributed by atoms with Crippen LogP contribution in [0.15, 0.2) is 48.5 Å². The maximum atomic E-state index is 13.2. The molecule has 0 bridgehead atoms. The summed E-state index contributed by atoms with van der Waals surface area (Å²) in [5.74, 6) is -2.31. The summed E-state index contributed by atoms with van der Waals surface area (Å²) in [7, 11) is 0. The van der Waals surface area contributed by atoms with Crippen molar-refractivity contribution < 1.29 is 18.4 Å². The summed E-state index contributed by atoms with van der Waals surface area (Å²) in [6.07, 6.45) is 2.87. The third-order valence-corrected chi connectivity index (χ3v) is 4.92. The number of carbonyl (C=O) groups excluding carboxylic acids is 2. The summed E-state index contributed by atoms with van der Waals surface area (Å²) in [6, 6.07) is 13.2. The van der Waals surface area contributed by atoms with Gasteiger partial charge in [0.2, 0.25) is 5.91 Å². The molecule has 3 rings (SSSR count). The van der Waals surface area contributed by atoms with Gasteiger partial charge in [-0.05, 0) is 48.9 Å². The number of hydrogen-bond acceptors (Lipinski definition) is 2. The van der Waals surface area contributed by atoms with Gasteiger partial charge in [-0.15, -0.1) is 0 Å². The lowest BCUT2D eigenvalue weighted by molar-refractivity contribution is -0.131. The van der Waals surface area contributed by atoms with Gasteiger partial charge < -0.3 is 10.2 Å². The van der Waals surface area contributed by atoms with E-state index in [0.717, 1.165) is 31.4 Å². The van der Waals surface area contributed by atoms with Gasteiger partial charge in [0, 0.05) is 18.7 Å². The summed E-state index contributed by atoms with van der Waals surface area (Å²) < 4.78 is 26.1. The minimum atomic E-state index is -1.09. The first-order chi connectivity index (χ1) is 13.0. The van der Waals surface area contributed by atoms with Gasteiger partial charge in [-0.3, -0.25) is 9.59 Å². The molecule has 0 radical (unpaired) electrons. The van der Waals surface area contributed by atoms with Crippen LogP contribution in [0.2, 0.25) is 0 Å². The molecule has 0 saturated carbocycles. The van der Waals surface area contributed by atoms with Crippen LogP contribution in [0, 0.1) is 17.6 Å². The highest BCUT2D eigenvalue weighted by Crippen LogP contribution is 2.21. The van der Waals surface area contributed by atoms with E-state index < -0.39 is 17.5 Å². The summed E-state index contributed by atoms with van der Waals surface area (Å²) >= 11 is 0. The molecule has 0 atom stereocenters. The molecule has 2 aromatic rings. The normalized spacial score (nSPS) is 14.8. The molecule has 1 heterocycles. The molecule has 1 N–H and O–H groups in total. The van der Waals surface area contributed by atoms with Gasteiger partial charge in [0.1, 0.15) is 0 Å². The van der Waals surface area contributed by atoms with Gasteiger partial charge >= 0.3 is 0 Å². The Bertz CT molecular complexity index is 803. The van der Waals surface area contributed by atoms with Crippen molar-refractivity contribution >= 4 is 11.8 Å². The van der Waals surface area contributed by atoms with E-state index in [1.807, 2.05) is 18.2 Å². The van der Waals surface area contributed by atoms with E-state index in [2.05, 4.69) is 17.4 Å². The Labute approximate surface area is 157 Å². The van der Waals surface area contributed by atoms with Crippen LogP contribution in [0.25, 0.3) is 0 Å². The Morgan fingerprint density at radius 2 is 1.70 bits per heavy atom. The molecular weight excluding hydrogens is 350 g/mol. The third-order valence-electron chi connectivity index (χ3n) is 4.92. The molecule has 0 aliphatic carbocycles. The lowest BCUT2D eigenvalue weighted by atomic mass is 9.90. The highest BCUT2D eigenvalue weighted by molar-refractivity contribution is 5.96. The van der Waals surface area contributed by atoms with Crippen LogP contribution in [0.1, 0.15) is 28.8 Å². The summed E-state index contributed by atoms with van der Waals surface area (Å²) in [4.78, 5) is 26.0. The molecule has 2 amide bonds. The van der Waals surface area contributed by atoms with Gasteiger partial charge in [0.05, 0.1) is 6.54 Å². The number of piperidine rings is 1. The molecule has 0 unspecified atom stereocenters. The van der Waals surface area contributed by atoms with E-state index in [-0.39, 0.29) is 18.0 Å². The quantitative estimate of drug-likeness (QED) is 0.876. The minimum absolute atomic E-state index is 0.0109. The third kappa shape index (κ3) is 5.12. The predicted molar refractivity (Wildman–Crippen MR) is 98.1 cm³/mol. The maximum Gasteiger partial charge on any atom is 0.251 e. The van der Waals surface area contributed by atoms with Gasteiger partial charge in [-0.2, -0.15) is 0 Å². The van der Waals surface area contributed by atoms with Crippen molar-refractivity contribution in [3.63, 3.8) is 0 Å². The van der Waals surface area contributed by atoms with Crippen LogP contribution in [0.3, 0.4) is 0 Å². The number of hydrogen-bond donors (Lipinski definition) is 1. The molecule has 1 aliphatic heterocycles. The number of likely N-dealkylation sites (tertiary alicyclic amines) is 1. The highest BCUT2D eigenvalue weighted by Gasteiger charge is 2.23. The lowest BCUT2D eigenvalue weighted by Crippen LogP contribution is -2.44. The second kappa shape index (κ2) is 8.75. The molecule has 1 saturated heterocycles. The summed E-state index contributed by atoms with van der Waals surface area (Å²) in [6.45, 7) is 1.18. The number of nitrogens with zero attached hydrogens (tertiary/aromatic N) is 1. The molecule has 6 heteroatoms. The molecule has 0 spiro atoms. The number of halogens is 2. The van der Waals surface area contributed by atoms with Crippen LogP contribution < -0.4 is 5.32 Å². The highest BCUT2D eigenvalue weighted by atomic mass is 19.2. The van der Waals surface area contributed by atoms with Crippen LogP contribution in [-0.2, 0) is 11.2 Å². The van der Waals surface area contributed by atoms with Crippen molar-refractivity contribution in [2.24, 2.45) is 5.92 Å². The van der Waals surface area contributed by atoms with Crippen molar-refractivity contribution in [3.05, 3.63) is 71.3 Å². The first-order valence-electron chi connectivity index (χ1n) is 9.08. The predicted octanol–water partition coefficient (Wildman–Crippen LogP) is 3.18. The molecule has 2 aromatic carbocycles. The topological polar surface area (TPSA) is 49.4 Å². The average Bonchev–Trinajstić information content (AvgIpc) is 2.69. The minimum Gasteiger partial charge on any atom is -0.343 e. The van der Waals surface area contributed by atoms with Crippen molar-refractivity contribution in [1.29, 1.82) is 0 Å². The average molecular weight is 372 g/mol. The number of nitrogens with one attached hydrogen (secondary N) is 1. The van der Waals surface area contributed by atoms with Crippen LogP contribution in [-0.4, -0.2) is 36.3 Å². The molecule has 1 aliphatic rings. The number of benzene rings is 2. The van der Waals surface area contributed by atoms with Crippen molar-refractivity contribution in [3.8, 4) is 0 Å². The van der Waals surface area contributed by atoms with Gasteiger partial charge in [-0.1, -0.05) is 30.3 Å². The largest absolute Gasteiger partial charge is 0.343 e. The van der Waals surface area contributed by atoms with E-state index in [0.29, 0.717) is 19.0 Å². The van der Waals surface area contributed by atoms with Crippen LogP contribution in [0.5, 0.6) is 0 Å². The zero-order valence-electron chi connectivity index (χ0n) is 15.0. The molecule has 4 nitrogen and oxygen atoms in total. The van der Waals surface area contributed by atoms with E-state index >= 15 is 0 Å². The van der Waals surface area contributed by atoms with Gasteiger partial charge in [-0.25, -0.2) is 8.78 Å². The van der Waals surface area contributed by atoms with Crippen LogP contribution in [0.4, 0.5) is 8.78 Å². The fourth-order valence-electron chi connectivity index (χ4n) is 3.34. The van der Waals surface area contributed by atoms with Crippen LogP contribution >= 0.6 is 0 Å².